The van der Waals surface area contributed by atoms with Crippen molar-refractivity contribution in [3.05, 3.63) is 29.1 Å². The van der Waals surface area contributed by atoms with Gasteiger partial charge in [0, 0.05) is 12.5 Å². The van der Waals surface area contributed by atoms with Crippen LogP contribution in [0.5, 0.6) is 5.75 Å². The van der Waals surface area contributed by atoms with E-state index >= 15 is 0 Å². The Morgan fingerprint density at radius 2 is 1.30 bits per heavy atom. The molecule has 3 rings (SSSR count). The lowest BCUT2D eigenvalue weighted by Crippen LogP contribution is -2.52. The summed E-state index contributed by atoms with van der Waals surface area (Å²) in [4.78, 5) is 45.8. The summed E-state index contributed by atoms with van der Waals surface area (Å²) in [5.41, 5.74) is -1.62. The van der Waals surface area contributed by atoms with Crippen LogP contribution in [0.25, 0.3) is 0 Å². The summed E-state index contributed by atoms with van der Waals surface area (Å²) in [7, 11) is 0. The normalized spacial score (nSPS) is 21.9. The number of esters is 1. The summed E-state index contributed by atoms with van der Waals surface area (Å²) >= 11 is 0. The molecule has 2 atom stereocenters. The molecule has 0 radical (unpaired) electrons. The van der Waals surface area contributed by atoms with Crippen LogP contribution in [-0.2, 0) is 19.2 Å². The van der Waals surface area contributed by atoms with Crippen LogP contribution >= 0.6 is 0 Å². The monoisotopic (exact) mass is 582 g/mol. The topological polar surface area (TPSA) is 133 Å². The molecule has 1 amide bonds. The highest BCUT2D eigenvalue weighted by molar-refractivity contribution is 5.88. The number of amides is 1. The van der Waals surface area contributed by atoms with Crippen molar-refractivity contribution in [2.24, 2.45) is 11.8 Å². The lowest BCUT2D eigenvalue weighted by atomic mass is 9.98. The fourth-order valence-corrected chi connectivity index (χ4v) is 3.82. The minimum absolute atomic E-state index is 0.0626. The minimum Gasteiger partial charge on any atom is -0.480 e. The predicted octanol–water partition coefficient (Wildman–Crippen LogP) is 4.26. The van der Waals surface area contributed by atoms with E-state index in [1.807, 2.05) is 0 Å². The number of hydrogen-bond donors (Lipinski definition) is 3. The molecule has 2 aliphatic heterocycles. The Balaban J connectivity index is 0.000000314. The molecule has 0 spiro atoms. The maximum atomic E-state index is 13.0. The van der Waals surface area contributed by atoms with Crippen LogP contribution < -0.4 is 10.1 Å². The molecule has 1 aromatic carbocycles. The molecule has 0 aliphatic carbocycles. The summed E-state index contributed by atoms with van der Waals surface area (Å²) in [5, 5.41) is 20.6. The summed E-state index contributed by atoms with van der Waals surface area (Å²) in [6.07, 6.45) is 3.06. The standard InChI is InChI=1S/C10H7F5O2.C10H17NO3.C6H11NO2/c1-3(2)10(16)17-9-7(14)5(12)4(11)6(13)8(9)15;1-7(2)8(12)11-6-4-5-10(11,3)9(13)14;1-6(5(8)9)3-2-4-7-6/h3H,1-2H3;7H,4-6H2,1-3H3,(H,13,14);7H,2-4H2,1H3,(H,8,9)/t;;6-/m..1/s1. The molecule has 2 saturated heterocycles. The highest BCUT2D eigenvalue weighted by atomic mass is 19.2. The number of halogens is 5. The maximum Gasteiger partial charge on any atom is 0.329 e. The second-order valence-corrected chi connectivity index (χ2v) is 10.5. The zero-order valence-corrected chi connectivity index (χ0v) is 23.2. The SMILES string of the molecule is CC(C)C(=O)N1CCCC1(C)C(=O)O.CC(C)C(=O)Oc1c(F)c(F)c(F)c(F)c1F.C[C@]1(C(=O)O)CCCN1. The number of rotatable bonds is 5. The number of carbonyl (C=O) groups excluding carboxylic acids is 2. The van der Waals surface area contributed by atoms with Gasteiger partial charge in [0.1, 0.15) is 11.1 Å². The van der Waals surface area contributed by atoms with E-state index in [-0.39, 0.29) is 11.8 Å². The summed E-state index contributed by atoms with van der Waals surface area (Å²) < 4.78 is 68.2. The molecule has 40 heavy (non-hydrogen) atoms. The Morgan fingerprint density at radius 1 is 0.800 bits per heavy atom. The highest BCUT2D eigenvalue weighted by Gasteiger charge is 2.46. The number of hydrogen-bond acceptors (Lipinski definition) is 6. The fourth-order valence-electron chi connectivity index (χ4n) is 3.82. The molecule has 2 aliphatic rings. The van der Waals surface area contributed by atoms with E-state index in [1.54, 1.807) is 27.7 Å². The predicted molar refractivity (Wildman–Crippen MR) is 132 cm³/mol. The van der Waals surface area contributed by atoms with Gasteiger partial charge in [-0.05, 0) is 46.1 Å². The first-order chi connectivity index (χ1) is 18.3. The van der Waals surface area contributed by atoms with Gasteiger partial charge in [0.2, 0.25) is 40.7 Å². The van der Waals surface area contributed by atoms with Crippen molar-refractivity contribution < 1.29 is 56.1 Å². The Hall–Kier alpha value is -3.29. The highest BCUT2D eigenvalue weighted by Crippen LogP contribution is 2.31. The van der Waals surface area contributed by atoms with Crippen LogP contribution in [0.1, 0.15) is 67.2 Å². The van der Waals surface area contributed by atoms with Gasteiger partial charge in [-0.25, -0.2) is 18.0 Å². The third kappa shape index (κ3) is 7.89. The third-order valence-electron chi connectivity index (χ3n) is 6.55. The molecule has 0 saturated carbocycles. The average molecular weight is 583 g/mol. The minimum atomic E-state index is -2.30. The molecule has 226 valence electrons. The van der Waals surface area contributed by atoms with Crippen LogP contribution in [0.4, 0.5) is 22.0 Å². The fraction of sp³-hybridized carbons (Fsp3) is 0.615. The van der Waals surface area contributed by atoms with E-state index < -0.39 is 69.7 Å². The average Bonchev–Trinajstić information content (AvgIpc) is 3.51. The number of carboxylic acids is 2. The summed E-state index contributed by atoms with van der Waals surface area (Å²) in [5.74, 6) is -16.2. The maximum absolute atomic E-state index is 13.0. The van der Waals surface area contributed by atoms with Gasteiger partial charge in [-0.15, -0.1) is 0 Å². The Morgan fingerprint density at radius 3 is 1.65 bits per heavy atom. The van der Waals surface area contributed by atoms with E-state index in [1.165, 1.54) is 18.7 Å². The number of likely N-dealkylation sites (tertiary alicyclic amines) is 1. The van der Waals surface area contributed by atoms with Crippen LogP contribution in [-0.4, -0.2) is 63.1 Å². The Bertz CT molecular complexity index is 1090. The van der Waals surface area contributed by atoms with Crippen molar-refractivity contribution in [3.8, 4) is 5.75 Å². The van der Waals surface area contributed by atoms with Gasteiger partial charge in [0.15, 0.2) is 0 Å². The van der Waals surface area contributed by atoms with Gasteiger partial charge in [-0.1, -0.05) is 27.7 Å². The first kappa shape index (κ1) is 34.7. The molecule has 9 nitrogen and oxygen atoms in total. The largest absolute Gasteiger partial charge is 0.480 e. The molecule has 2 fully saturated rings. The number of carbonyl (C=O) groups is 4. The zero-order valence-electron chi connectivity index (χ0n) is 23.2. The molecular formula is C26H35F5N2O7. The van der Waals surface area contributed by atoms with Gasteiger partial charge in [-0.2, -0.15) is 8.78 Å². The molecule has 3 N–H and O–H groups in total. The number of aliphatic carboxylic acids is 2. The second kappa shape index (κ2) is 13.9. The smallest absolute Gasteiger partial charge is 0.329 e. The Kier molecular flexibility index (Phi) is 12.0. The van der Waals surface area contributed by atoms with E-state index in [0.717, 1.165) is 25.8 Å². The van der Waals surface area contributed by atoms with E-state index in [9.17, 15) is 41.1 Å². The molecule has 1 unspecified atom stereocenters. The van der Waals surface area contributed by atoms with Crippen molar-refractivity contribution in [3.63, 3.8) is 0 Å². The number of benzene rings is 1. The van der Waals surface area contributed by atoms with Crippen molar-refractivity contribution >= 4 is 23.8 Å². The van der Waals surface area contributed by atoms with Gasteiger partial charge in [-0.3, -0.25) is 14.4 Å². The van der Waals surface area contributed by atoms with Gasteiger partial charge >= 0.3 is 17.9 Å². The summed E-state index contributed by atoms with van der Waals surface area (Å²) in [6.45, 7) is 11.0. The van der Waals surface area contributed by atoms with Gasteiger partial charge in [0.05, 0.1) is 5.92 Å². The molecule has 2 heterocycles. The molecular weight excluding hydrogens is 547 g/mol. The van der Waals surface area contributed by atoms with E-state index in [0.29, 0.717) is 13.0 Å². The van der Waals surface area contributed by atoms with Crippen molar-refractivity contribution in [2.75, 3.05) is 13.1 Å². The molecule has 1 aromatic rings. The first-order valence-electron chi connectivity index (χ1n) is 12.6. The zero-order chi connectivity index (χ0) is 31.2. The van der Waals surface area contributed by atoms with Gasteiger partial charge < -0.3 is 25.2 Å². The van der Waals surface area contributed by atoms with E-state index in [2.05, 4.69) is 10.1 Å². The number of nitrogens with zero attached hydrogens (tertiary/aromatic N) is 1. The van der Waals surface area contributed by atoms with Crippen LogP contribution in [0.15, 0.2) is 0 Å². The van der Waals surface area contributed by atoms with Gasteiger partial charge in [0.25, 0.3) is 0 Å². The summed E-state index contributed by atoms with van der Waals surface area (Å²) in [6, 6.07) is 0. The van der Waals surface area contributed by atoms with Crippen LogP contribution in [0.2, 0.25) is 0 Å². The van der Waals surface area contributed by atoms with Crippen molar-refractivity contribution in [1.29, 1.82) is 0 Å². The molecule has 0 aromatic heterocycles. The number of ether oxygens (including phenoxy) is 1. The molecule has 14 heteroatoms. The third-order valence-corrected chi connectivity index (χ3v) is 6.55. The number of nitrogens with one attached hydrogen (secondary N) is 1. The quantitative estimate of drug-likeness (QED) is 0.154. The second-order valence-electron chi connectivity index (χ2n) is 10.5. The van der Waals surface area contributed by atoms with Crippen LogP contribution in [0, 0.1) is 40.9 Å². The van der Waals surface area contributed by atoms with Crippen molar-refractivity contribution in [2.45, 2.75) is 78.3 Å². The van der Waals surface area contributed by atoms with Crippen LogP contribution in [0.3, 0.4) is 0 Å². The van der Waals surface area contributed by atoms with E-state index in [4.69, 9.17) is 10.2 Å². The van der Waals surface area contributed by atoms with Crippen molar-refractivity contribution in [1.82, 2.24) is 10.2 Å². The number of carboxylic acid groups (broad SMARTS) is 2. The lowest BCUT2D eigenvalue weighted by molar-refractivity contribution is -0.156. The molecule has 0 bridgehead atoms. The first-order valence-corrected chi connectivity index (χ1v) is 12.6. The lowest BCUT2D eigenvalue weighted by Gasteiger charge is -2.32. The Labute approximate surface area is 228 Å².